The van der Waals surface area contributed by atoms with Gasteiger partial charge in [-0.05, 0) is 6.42 Å². The Bertz CT molecular complexity index is 223. The van der Waals surface area contributed by atoms with Crippen molar-refractivity contribution in [2.24, 2.45) is 0 Å². The van der Waals surface area contributed by atoms with Crippen LogP contribution in [0.15, 0.2) is 0 Å². The van der Waals surface area contributed by atoms with Crippen molar-refractivity contribution in [3.63, 3.8) is 0 Å². The summed E-state index contributed by atoms with van der Waals surface area (Å²) in [7, 11) is -1.87. The van der Waals surface area contributed by atoms with Crippen molar-refractivity contribution < 1.29 is 9.69 Å². The summed E-state index contributed by atoms with van der Waals surface area (Å²) in [4.78, 5) is 20.0. The lowest BCUT2D eigenvalue weighted by molar-refractivity contribution is -0.111. The van der Waals surface area contributed by atoms with Crippen LogP contribution in [0.2, 0.25) is 0 Å². The summed E-state index contributed by atoms with van der Waals surface area (Å²) in [6.45, 7) is 2.26. The summed E-state index contributed by atoms with van der Waals surface area (Å²) in [6, 6.07) is 0. The van der Waals surface area contributed by atoms with E-state index in [0.717, 1.165) is 12.8 Å². The van der Waals surface area contributed by atoms with Crippen LogP contribution in [0.3, 0.4) is 0 Å². The zero-order chi connectivity index (χ0) is 15.1. The van der Waals surface area contributed by atoms with E-state index in [1.807, 2.05) is 0 Å². The highest BCUT2D eigenvalue weighted by molar-refractivity contribution is 7.92. The molecule has 120 valence electrons. The normalized spacial score (nSPS) is 12.6. The number of carbonyl (C=O) groups is 1. The van der Waals surface area contributed by atoms with Gasteiger partial charge in [0.2, 0.25) is 0 Å². The van der Waals surface area contributed by atoms with Gasteiger partial charge in [-0.25, -0.2) is 0 Å². The number of hydrogen-bond acceptors (Lipinski definition) is 2. The van der Waals surface area contributed by atoms with Gasteiger partial charge in [0.1, 0.15) is 0 Å². The van der Waals surface area contributed by atoms with Crippen LogP contribution in [0.4, 0.5) is 0 Å². The molecule has 0 aliphatic rings. The van der Waals surface area contributed by atoms with Gasteiger partial charge in [-0.3, -0.25) is 4.79 Å². The van der Waals surface area contributed by atoms with Crippen molar-refractivity contribution in [3.8, 4) is 0 Å². The van der Waals surface area contributed by atoms with Crippen LogP contribution in [-0.4, -0.2) is 10.4 Å². The van der Waals surface area contributed by atoms with Gasteiger partial charge in [0.25, 0.3) is 0 Å². The number of carbonyl (C=O) groups excluding carboxylic acids is 1. The fourth-order valence-electron chi connectivity index (χ4n) is 2.39. The Hall–Kier alpha value is 0.350. The Balaban J connectivity index is 3.04. The highest BCUT2D eigenvalue weighted by atomic mass is 35.7. The molecule has 1 N–H and O–H groups in total. The lowest BCUT2D eigenvalue weighted by Gasteiger charge is -2.03. The summed E-state index contributed by atoms with van der Waals surface area (Å²) in [5.74, 6) is 0. The van der Waals surface area contributed by atoms with E-state index >= 15 is 0 Å². The maximum atomic E-state index is 11.1. The average Bonchev–Trinajstić information content (AvgIpc) is 2.43. The summed E-state index contributed by atoms with van der Waals surface area (Å²) >= 11 is 5.35. The lowest BCUT2D eigenvalue weighted by Crippen LogP contribution is -1.91. The van der Waals surface area contributed by atoms with E-state index in [2.05, 4.69) is 6.92 Å². The Morgan fingerprint density at radius 3 is 1.50 bits per heavy atom. The molecule has 20 heavy (non-hydrogen) atoms. The first-order valence-electron chi connectivity index (χ1n) is 8.36. The summed E-state index contributed by atoms with van der Waals surface area (Å²) in [6.07, 6.45) is 17.3. The minimum absolute atomic E-state index is 0.176. The van der Waals surface area contributed by atoms with Gasteiger partial charge in [-0.2, -0.15) is 0 Å². The van der Waals surface area contributed by atoms with Crippen molar-refractivity contribution in [2.75, 3.05) is 0 Å². The molecule has 0 aliphatic heterocycles. The SMILES string of the molecule is CCCCCCCCCCCCCCCC(=O)P(O)Cl. The van der Waals surface area contributed by atoms with Gasteiger partial charge >= 0.3 is 0 Å². The lowest BCUT2D eigenvalue weighted by atomic mass is 10.0. The molecule has 0 spiro atoms. The predicted molar refractivity (Wildman–Crippen MR) is 90.3 cm³/mol. The summed E-state index contributed by atoms with van der Waals surface area (Å²) < 4.78 is 0. The molecule has 0 fully saturated rings. The van der Waals surface area contributed by atoms with E-state index in [1.54, 1.807) is 0 Å². The largest absolute Gasteiger partial charge is 0.354 e. The van der Waals surface area contributed by atoms with Crippen LogP contribution >= 0.6 is 18.7 Å². The molecule has 0 saturated carbocycles. The second-order valence-corrected chi connectivity index (χ2v) is 7.63. The third kappa shape index (κ3) is 14.8. The maximum absolute atomic E-state index is 11.1. The van der Waals surface area contributed by atoms with E-state index in [4.69, 9.17) is 16.1 Å². The van der Waals surface area contributed by atoms with Crippen molar-refractivity contribution in [1.29, 1.82) is 0 Å². The molecular weight excluding hydrogens is 291 g/mol. The minimum Gasteiger partial charge on any atom is -0.354 e. The van der Waals surface area contributed by atoms with E-state index in [0.29, 0.717) is 6.42 Å². The Kier molecular flexibility index (Phi) is 16.0. The third-order valence-corrected chi connectivity index (χ3v) is 4.90. The average molecular weight is 323 g/mol. The number of hydrogen-bond donors (Lipinski definition) is 1. The topological polar surface area (TPSA) is 37.3 Å². The van der Waals surface area contributed by atoms with Gasteiger partial charge in [-0.1, -0.05) is 95.2 Å². The van der Waals surface area contributed by atoms with Gasteiger partial charge < -0.3 is 4.89 Å². The van der Waals surface area contributed by atoms with Crippen LogP contribution in [-0.2, 0) is 4.79 Å². The highest BCUT2D eigenvalue weighted by Crippen LogP contribution is 2.38. The standard InChI is InChI=1S/C16H32ClO2P/c1-2-3-4-5-6-7-8-9-10-11-12-13-14-15-16(18)20(17)19/h19H,2-15H2,1H3. The van der Waals surface area contributed by atoms with Gasteiger partial charge in [0, 0.05) is 6.42 Å². The molecule has 0 aromatic rings. The van der Waals surface area contributed by atoms with E-state index in [-0.39, 0.29) is 5.52 Å². The smallest absolute Gasteiger partial charge is 0.197 e. The monoisotopic (exact) mass is 322 g/mol. The Morgan fingerprint density at radius 1 is 0.800 bits per heavy atom. The highest BCUT2D eigenvalue weighted by Gasteiger charge is 2.10. The van der Waals surface area contributed by atoms with Crippen molar-refractivity contribution in [2.45, 2.75) is 96.8 Å². The van der Waals surface area contributed by atoms with Crippen molar-refractivity contribution in [3.05, 3.63) is 0 Å². The van der Waals surface area contributed by atoms with Gasteiger partial charge in [-0.15, -0.1) is 0 Å². The van der Waals surface area contributed by atoms with Crippen LogP contribution in [0.25, 0.3) is 0 Å². The number of unbranched alkanes of at least 4 members (excludes halogenated alkanes) is 12. The molecule has 0 aromatic heterocycles. The first-order valence-corrected chi connectivity index (χ1v) is 10.6. The molecule has 1 unspecified atom stereocenters. The molecule has 0 radical (unpaired) electrons. The first-order chi connectivity index (χ1) is 9.68. The zero-order valence-corrected chi connectivity index (χ0v) is 14.7. The quantitative estimate of drug-likeness (QED) is 0.274. The van der Waals surface area contributed by atoms with Crippen LogP contribution < -0.4 is 0 Å². The predicted octanol–water partition coefficient (Wildman–Crippen LogP) is 6.54. The van der Waals surface area contributed by atoms with Crippen molar-refractivity contribution in [1.82, 2.24) is 0 Å². The van der Waals surface area contributed by atoms with E-state index in [1.165, 1.54) is 70.6 Å². The zero-order valence-electron chi connectivity index (χ0n) is 13.1. The fourth-order valence-corrected chi connectivity index (χ4v) is 2.98. The van der Waals surface area contributed by atoms with Gasteiger partial charge in [0.15, 0.2) is 13.0 Å². The Morgan fingerprint density at radius 2 is 1.15 bits per heavy atom. The number of rotatable bonds is 15. The van der Waals surface area contributed by atoms with Crippen molar-refractivity contribution >= 4 is 24.3 Å². The molecule has 4 heteroatoms. The molecule has 1 atom stereocenters. The summed E-state index contributed by atoms with van der Waals surface area (Å²) in [5.41, 5.74) is -0.176. The molecule has 0 saturated heterocycles. The van der Waals surface area contributed by atoms with Crippen LogP contribution in [0, 0.1) is 0 Å². The molecule has 0 rings (SSSR count). The molecule has 0 aromatic carbocycles. The minimum atomic E-state index is -1.87. The molecule has 0 heterocycles. The van der Waals surface area contributed by atoms with E-state index < -0.39 is 7.50 Å². The molecule has 2 nitrogen and oxygen atoms in total. The number of halogens is 1. The van der Waals surface area contributed by atoms with E-state index in [9.17, 15) is 4.79 Å². The maximum Gasteiger partial charge on any atom is 0.197 e. The van der Waals surface area contributed by atoms with Gasteiger partial charge in [0.05, 0.1) is 0 Å². The molecular formula is C16H32ClO2P. The van der Waals surface area contributed by atoms with Crippen LogP contribution in [0.5, 0.6) is 0 Å². The Labute approximate surface area is 131 Å². The second kappa shape index (κ2) is 15.7. The molecule has 0 aliphatic carbocycles. The molecule has 0 amide bonds. The molecule has 0 bridgehead atoms. The first kappa shape index (κ1) is 20.3. The summed E-state index contributed by atoms with van der Waals surface area (Å²) in [5, 5.41) is 0. The van der Waals surface area contributed by atoms with Crippen LogP contribution in [0.1, 0.15) is 96.8 Å². The fraction of sp³-hybridized carbons (Fsp3) is 0.938. The third-order valence-electron chi connectivity index (χ3n) is 3.70. The second-order valence-electron chi connectivity index (χ2n) is 5.65.